The fourth-order valence-corrected chi connectivity index (χ4v) is 2.27. The van der Waals surface area contributed by atoms with Crippen molar-refractivity contribution in [1.82, 2.24) is 0 Å². The quantitative estimate of drug-likeness (QED) is 0.595. The Morgan fingerprint density at radius 1 is 1.00 bits per heavy atom. The first-order valence-electron chi connectivity index (χ1n) is 4.61. The normalized spacial score (nSPS) is 19.4. The molecule has 4 radical (unpaired) electrons. The van der Waals surface area contributed by atoms with Crippen LogP contribution in [-0.4, -0.2) is 31.3 Å². The monoisotopic (exact) mass is 276 g/mol. The van der Waals surface area contributed by atoms with Gasteiger partial charge in [0.1, 0.15) is 0 Å². The van der Waals surface area contributed by atoms with E-state index in [4.69, 9.17) is 0 Å². The Morgan fingerprint density at radius 3 is 1.55 bits per heavy atom. The number of hydrogen-bond acceptors (Lipinski definition) is 0. The first-order valence-corrected chi connectivity index (χ1v) is 9.25. The molecule has 0 aromatic carbocycles. The first kappa shape index (κ1) is 12.0. The molecule has 0 nitrogen and oxygen atoms in total. The van der Waals surface area contributed by atoms with Gasteiger partial charge in [-0.2, -0.15) is 0 Å². The van der Waals surface area contributed by atoms with Crippen LogP contribution in [0.5, 0.6) is 0 Å². The Hall–Kier alpha value is 1.02. The zero-order valence-electron chi connectivity index (χ0n) is 8.11. The molecule has 2 heteroatoms. The van der Waals surface area contributed by atoms with Crippen molar-refractivity contribution in [3.63, 3.8) is 0 Å². The fraction of sp³-hybridized carbons (Fsp3) is 1.00. The van der Waals surface area contributed by atoms with Crippen molar-refractivity contribution in [3.05, 3.63) is 0 Å². The van der Waals surface area contributed by atoms with Gasteiger partial charge in [-0.1, -0.05) is 19.6 Å². The fourth-order valence-electron chi connectivity index (χ4n) is 1.10. The van der Waals surface area contributed by atoms with Crippen molar-refractivity contribution in [2.45, 2.75) is 55.7 Å². The molecular weight excluding hydrogens is 255 g/mol. The predicted octanol–water partition coefficient (Wildman–Crippen LogP) is 3.28. The van der Waals surface area contributed by atoms with Crippen molar-refractivity contribution in [2.24, 2.45) is 0 Å². The standard InChI is InChI=1S/C6H11.C3H9Si.Sn/c1-2-4-6-5-3-1;1-4(2)3;/h1H,2-6H2;1-3H3;. The maximum absolute atomic E-state index is 2.27. The summed E-state index contributed by atoms with van der Waals surface area (Å²) in [4.78, 5) is 0. The molecule has 0 aromatic rings. The van der Waals surface area contributed by atoms with E-state index in [1.807, 2.05) is 0 Å². The summed E-state index contributed by atoms with van der Waals surface area (Å²) in [5.74, 6) is 0. The van der Waals surface area contributed by atoms with E-state index in [2.05, 4.69) is 19.6 Å². The van der Waals surface area contributed by atoms with Crippen LogP contribution < -0.4 is 0 Å². The molecule has 11 heavy (non-hydrogen) atoms. The summed E-state index contributed by atoms with van der Waals surface area (Å²) in [7, 11) is 0.120. The van der Waals surface area contributed by atoms with Crippen LogP contribution in [0, 0.1) is 0 Å². The van der Waals surface area contributed by atoms with Crippen LogP contribution >= 0.6 is 0 Å². The third-order valence-corrected chi connectivity index (χ3v) is 3.25. The summed E-state index contributed by atoms with van der Waals surface area (Å²) in [6, 6.07) is 0. The van der Waals surface area contributed by atoms with Gasteiger partial charge in [-0.15, -0.1) is 0 Å². The van der Waals surface area contributed by atoms with Gasteiger partial charge in [0.25, 0.3) is 0 Å². The summed E-state index contributed by atoms with van der Waals surface area (Å²) in [5, 5.41) is 0. The van der Waals surface area contributed by atoms with Gasteiger partial charge in [0.05, 0.1) is 0 Å². The summed E-state index contributed by atoms with van der Waals surface area (Å²) < 4.78 is 1.13. The molecular formula is C9H20SiSn. The molecule has 1 aliphatic carbocycles. The van der Waals surface area contributed by atoms with Crippen molar-refractivity contribution in [3.8, 4) is 0 Å². The second kappa shape index (κ2) is 7.65. The number of hydrogen-bond donors (Lipinski definition) is 0. The van der Waals surface area contributed by atoms with Gasteiger partial charge >= 0.3 is 58.6 Å². The van der Waals surface area contributed by atoms with Crippen LogP contribution in [-0.2, 0) is 0 Å². The SMILES string of the molecule is C[Si](C)C.[Sn][CH]1CCCCC1. The molecule has 1 aliphatic rings. The average molecular weight is 275 g/mol. The Kier molecular flexibility index (Phi) is 8.36. The van der Waals surface area contributed by atoms with Crippen LogP contribution in [0.4, 0.5) is 0 Å². The second-order valence-corrected chi connectivity index (χ2v) is 9.17. The Bertz CT molecular complexity index is 74.9. The topological polar surface area (TPSA) is 0 Å². The minimum absolute atomic E-state index is 0.120. The molecule has 0 unspecified atom stereocenters. The van der Waals surface area contributed by atoms with Crippen molar-refractivity contribution in [2.75, 3.05) is 0 Å². The van der Waals surface area contributed by atoms with E-state index in [0.717, 1.165) is 3.93 Å². The van der Waals surface area contributed by atoms with E-state index in [0.29, 0.717) is 0 Å². The minimum atomic E-state index is 0.120. The van der Waals surface area contributed by atoms with Gasteiger partial charge in [-0.3, -0.25) is 0 Å². The molecule has 0 N–H and O–H groups in total. The summed E-state index contributed by atoms with van der Waals surface area (Å²) in [6.07, 6.45) is 7.58. The van der Waals surface area contributed by atoms with Gasteiger partial charge in [0, 0.05) is 8.80 Å². The van der Waals surface area contributed by atoms with Gasteiger partial charge < -0.3 is 0 Å². The van der Waals surface area contributed by atoms with Gasteiger partial charge in [-0.25, -0.2) is 0 Å². The van der Waals surface area contributed by atoms with Crippen molar-refractivity contribution in [1.29, 1.82) is 0 Å². The van der Waals surface area contributed by atoms with E-state index >= 15 is 0 Å². The van der Waals surface area contributed by atoms with Crippen molar-refractivity contribution < 1.29 is 0 Å². The van der Waals surface area contributed by atoms with Crippen LogP contribution in [0.1, 0.15) is 32.1 Å². The van der Waals surface area contributed by atoms with E-state index in [9.17, 15) is 0 Å². The summed E-state index contributed by atoms with van der Waals surface area (Å²) in [6.45, 7) is 6.81. The second-order valence-electron chi connectivity index (χ2n) is 3.83. The van der Waals surface area contributed by atoms with Crippen LogP contribution in [0.3, 0.4) is 0 Å². The maximum atomic E-state index is 2.27. The van der Waals surface area contributed by atoms with Crippen molar-refractivity contribution >= 4 is 31.3 Å². The molecule has 1 rings (SSSR count). The molecule has 1 fully saturated rings. The predicted molar refractivity (Wildman–Crippen MR) is 55.9 cm³/mol. The summed E-state index contributed by atoms with van der Waals surface area (Å²) >= 11 is 1.77. The van der Waals surface area contributed by atoms with Gasteiger partial charge in [0.15, 0.2) is 0 Å². The zero-order chi connectivity index (χ0) is 8.69. The molecule has 0 aromatic heterocycles. The van der Waals surface area contributed by atoms with Crippen LogP contribution in [0.25, 0.3) is 0 Å². The first-order chi connectivity index (χ1) is 5.13. The van der Waals surface area contributed by atoms with E-state index in [-0.39, 0.29) is 8.80 Å². The molecule has 1 saturated carbocycles. The van der Waals surface area contributed by atoms with E-state index in [1.165, 1.54) is 32.1 Å². The van der Waals surface area contributed by atoms with E-state index in [1.54, 1.807) is 22.5 Å². The molecule has 0 amide bonds. The van der Waals surface area contributed by atoms with Gasteiger partial charge in [0.2, 0.25) is 0 Å². The number of rotatable bonds is 0. The molecule has 0 aliphatic heterocycles. The third-order valence-electron chi connectivity index (χ3n) is 1.61. The van der Waals surface area contributed by atoms with E-state index < -0.39 is 0 Å². The van der Waals surface area contributed by atoms with Crippen LogP contribution in [0.15, 0.2) is 0 Å². The average Bonchev–Trinajstić information content (AvgIpc) is 1.87. The molecule has 0 heterocycles. The molecule has 0 bridgehead atoms. The van der Waals surface area contributed by atoms with Crippen LogP contribution in [0.2, 0.25) is 23.6 Å². The zero-order valence-corrected chi connectivity index (χ0v) is 12.0. The Labute approximate surface area is 86.8 Å². The molecule has 0 saturated heterocycles. The Balaban J connectivity index is 0.000000218. The Morgan fingerprint density at radius 2 is 1.36 bits per heavy atom. The van der Waals surface area contributed by atoms with Gasteiger partial charge in [-0.05, 0) is 0 Å². The summed E-state index contributed by atoms with van der Waals surface area (Å²) in [5.41, 5.74) is 0. The molecule has 64 valence electrons. The molecule has 0 atom stereocenters. The molecule has 0 spiro atoms. The third kappa shape index (κ3) is 11.0.